The van der Waals surface area contributed by atoms with E-state index >= 15 is 0 Å². The van der Waals surface area contributed by atoms with Gasteiger partial charge < -0.3 is 69.0 Å². The Kier molecular flexibility index (Phi) is 9.19. The summed E-state index contributed by atoms with van der Waals surface area (Å²) in [7, 11) is 1.51. The molecule has 8 N–H and O–H groups in total. The fourth-order valence-corrected chi connectivity index (χ4v) is 5.01. The molecule has 0 aliphatic carbocycles. The van der Waals surface area contributed by atoms with E-state index in [1.165, 1.54) is 19.4 Å². The lowest BCUT2D eigenvalue weighted by atomic mass is 9.97. The summed E-state index contributed by atoms with van der Waals surface area (Å²) < 4.78 is 33.1. The number of aliphatic hydroxyl groups is 7. The number of aliphatic hydroxyl groups excluding tert-OH is 7. The van der Waals surface area contributed by atoms with Crippen LogP contribution in [0.2, 0.25) is 0 Å². The van der Waals surface area contributed by atoms with Gasteiger partial charge in [0.15, 0.2) is 12.4 Å². The zero-order valence-corrected chi connectivity index (χ0v) is 22.7. The van der Waals surface area contributed by atoms with E-state index in [0.29, 0.717) is 11.3 Å². The molecule has 10 atom stereocenters. The van der Waals surface area contributed by atoms with Crippen molar-refractivity contribution in [1.29, 1.82) is 0 Å². The maximum atomic E-state index is 13.3. The summed E-state index contributed by atoms with van der Waals surface area (Å²) in [4.78, 5) is 13.3. The average molecular weight is 609 g/mol. The number of ether oxygens (including phenoxy) is 5. The lowest BCUT2D eigenvalue weighted by molar-refractivity contribution is -0.357. The molecule has 2 aromatic carbocycles. The molecule has 0 saturated carbocycles. The Balaban J connectivity index is 1.44. The van der Waals surface area contributed by atoms with Crippen molar-refractivity contribution in [2.75, 3.05) is 20.3 Å². The monoisotopic (exact) mass is 608 g/mol. The van der Waals surface area contributed by atoms with Crippen molar-refractivity contribution in [3.8, 4) is 28.4 Å². The smallest absolute Gasteiger partial charge is 0.229 e. The number of benzene rings is 2. The van der Waals surface area contributed by atoms with E-state index in [-0.39, 0.29) is 22.3 Å². The molecule has 0 spiro atoms. The van der Waals surface area contributed by atoms with E-state index in [4.69, 9.17) is 28.1 Å². The fourth-order valence-electron chi connectivity index (χ4n) is 5.01. The molecule has 15 nitrogen and oxygen atoms in total. The summed E-state index contributed by atoms with van der Waals surface area (Å²) in [5.41, 5.74) is 0.0825. The molecule has 1 aromatic heterocycles. The molecule has 234 valence electrons. The van der Waals surface area contributed by atoms with E-state index in [9.17, 15) is 45.6 Å². The van der Waals surface area contributed by atoms with Gasteiger partial charge >= 0.3 is 0 Å². The van der Waals surface area contributed by atoms with Crippen LogP contribution in [0.3, 0.4) is 0 Å². The van der Waals surface area contributed by atoms with Gasteiger partial charge in [-0.25, -0.2) is 0 Å². The van der Waals surface area contributed by atoms with Gasteiger partial charge in [-0.3, -0.25) is 4.79 Å². The number of aromatic hydroxyl groups is 1. The van der Waals surface area contributed by atoms with Crippen LogP contribution in [0.1, 0.15) is 0 Å². The molecule has 3 aromatic rings. The first-order valence-corrected chi connectivity index (χ1v) is 13.3. The molecule has 2 saturated heterocycles. The van der Waals surface area contributed by atoms with Crippen molar-refractivity contribution in [1.82, 2.24) is 0 Å². The molecule has 0 unspecified atom stereocenters. The summed E-state index contributed by atoms with van der Waals surface area (Å²) in [5, 5.41) is 81.6. The van der Waals surface area contributed by atoms with Crippen LogP contribution in [0.15, 0.2) is 51.9 Å². The minimum Gasteiger partial charge on any atom is -0.507 e. The third kappa shape index (κ3) is 5.92. The minimum atomic E-state index is -1.85. The number of hydrogen-bond donors (Lipinski definition) is 8. The topological polar surface area (TPSA) is 238 Å². The predicted octanol–water partition coefficient (Wildman–Crippen LogP) is -1.82. The van der Waals surface area contributed by atoms with E-state index in [0.717, 1.165) is 6.07 Å². The van der Waals surface area contributed by atoms with Crippen LogP contribution < -0.4 is 14.9 Å². The van der Waals surface area contributed by atoms with Crippen LogP contribution in [0, 0.1) is 0 Å². The van der Waals surface area contributed by atoms with Gasteiger partial charge in [-0.15, -0.1) is 0 Å². The fraction of sp³-hybridized carbons (Fsp3) is 0.464. The maximum Gasteiger partial charge on any atom is 0.229 e. The minimum absolute atomic E-state index is 0.0706. The SMILES string of the molecule is COc1ccc(-c2coc3cc(O[C@@H]4O[C@H](CO)[C@@H](O)[C@H](O)[C@H]4O[C@@H]4O[C@H](CO)[C@@H](O)[C@H](O)[C@H]4O)cc(O)c3c2=O)cc1. The van der Waals surface area contributed by atoms with Gasteiger partial charge in [0.05, 0.1) is 25.9 Å². The van der Waals surface area contributed by atoms with Crippen LogP contribution in [-0.4, -0.2) is 123 Å². The molecule has 3 heterocycles. The van der Waals surface area contributed by atoms with Gasteiger partial charge in [0.2, 0.25) is 11.7 Å². The molecular weight excluding hydrogens is 576 g/mol. The number of methoxy groups -OCH3 is 1. The highest BCUT2D eigenvalue weighted by Crippen LogP contribution is 2.34. The number of hydrogen-bond acceptors (Lipinski definition) is 15. The Labute approximate surface area is 243 Å². The number of phenols is 1. The second-order valence-corrected chi connectivity index (χ2v) is 10.1. The normalized spacial score (nSPS) is 32.9. The molecule has 2 fully saturated rings. The van der Waals surface area contributed by atoms with Crippen molar-refractivity contribution in [2.24, 2.45) is 0 Å². The Morgan fingerprint density at radius 3 is 2.05 bits per heavy atom. The third-order valence-electron chi connectivity index (χ3n) is 7.45. The van der Waals surface area contributed by atoms with Crippen molar-refractivity contribution in [3.63, 3.8) is 0 Å². The standard InChI is InChI=1S/C28H32O15/c1-38-12-4-2-11(3-5-12)14-10-39-16-7-13(6-15(31)19(16)20(14)32)40-28-26(24(36)22(34)18(9-30)42-28)43-27-25(37)23(35)21(33)17(8-29)41-27/h2-7,10,17-18,21-31,33-37H,8-9H2,1H3/t17-,18-,21-,22-,23+,24+,25-,26-,27+,28-/m1/s1. The zero-order valence-electron chi connectivity index (χ0n) is 22.7. The van der Waals surface area contributed by atoms with Gasteiger partial charge in [-0.1, -0.05) is 12.1 Å². The summed E-state index contributed by atoms with van der Waals surface area (Å²) in [5.74, 6) is -0.0745. The van der Waals surface area contributed by atoms with Crippen molar-refractivity contribution in [2.45, 2.75) is 61.4 Å². The molecule has 43 heavy (non-hydrogen) atoms. The number of fused-ring (bicyclic) bond motifs is 1. The van der Waals surface area contributed by atoms with E-state index in [1.54, 1.807) is 24.3 Å². The second-order valence-electron chi connectivity index (χ2n) is 10.1. The van der Waals surface area contributed by atoms with Gasteiger partial charge in [0.1, 0.15) is 77.2 Å². The molecule has 0 bridgehead atoms. The van der Waals surface area contributed by atoms with Crippen LogP contribution in [0.5, 0.6) is 17.2 Å². The predicted molar refractivity (Wildman–Crippen MR) is 143 cm³/mol. The van der Waals surface area contributed by atoms with Gasteiger partial charge in [-0.2, -0.15) is 0 Å². The van der Waals surface area contributed by atoms with E-state index < -0.39 is 85.8 Å². The lowest BCUT2D eigenvalue weighted by Crippen LogP contribution is -2.65. The molecular formula is C28H32O15. The molecule has 2 aliphatic rings. The molecule has 5 rings (SSSR count). The number of phenolic OH excluding ortho intramolecular Hbond substituents is 1. The Morgan fingerprint density at radius 2 is 1.42 bits per heavy atom. The van der Waals surface area contributed by atoms with Crippen LogP contribution in [0.25, 0.3) is 22.1 Å². The summed E-state index contributed by atoms with van der Waals surface area (Å²) >= 11 is 0. The first-order valence-electron chi connectivity index (χ1n) is 13.3. The first kappa shape index (κ1) is 31.1. The summed E-state index contributed by atoms with van der Waals surface area (Å²) in [6.45, 7) is -1.48. The largest absolute Gasteiger partial charge is 0.507 e. The average Bonchev–Trinajstić information content (AvgIpc) is 3.00. The zero-order chi connectivity index (χ0) is 31.0. The van der Waals surface area contributed by atoms with Gasteiger partial charge in [0, 0.05) is 12.1 Å². The summed E-state index contributed by atoms with van der Waals surface area (Å²) in [6, 6.07) is 8.96. The summed E-state index contributed by atoms with van der Waals surface area (Å²) in [6.07, 6.45) is -15.3. The van der Waals surface area contributed by atoms with E-state index in [2.05, 4.69) is 0 Å². The second kappa shape index (κ2) is 12.7. The highest BCUT2D eigenvalue weighted by Gasteiger charge is 2.51. The Morgan fingerprint density at radius 1 is 0.791 bits per heavy atom. The quantitative estimate of drug-likeness (QED) is 0.140. The van der Waals surface area contributed by atoms with E-state index in [1.807, 2.05) is 0 Å². The molecule has 15 heteroatoms. The highest BCUT2D eigenvalue weighted by atomic mass is 16.8. The Bertz CT molecular complexity index is 1460. The van der Waals surface area contributed by atoms with Gasteiger partial charge in [0.25, 0.3) is 0 Å². The van der Waals surface area contributed by atoms with Crippen LogP contribution in [-0.2, 0) is 14.2 Å². The lowest BCUT2D eigenvalue weighted by Gasteiger charge is -2.45. The van der Waals surface area contributed by atoms with Crippen LogP contribution >= 0.6 is 0 Å². The van der Waals surface area contributed by atoms with Crippen LogP contribution in [0.4, 0.5) is 0 Å². The maximum absolute atomic E-state index is 13.3. The van der Waals surface area contributed by atoms with Crippen molar-refractivity contribution in [3.05, 3.63) is 52.9 Å². The molecule has 2 aliphatic heterocycles. The molecule has 0 radical (unpaired) electrons. The number of rotatable bonds is 8. The third-order valence-corrected chi connectivity index (χ3v) is 7.45. The van der Waals surface area contributed by atoms with Crippen molar-refractivity contribution >= 4 is 11.0 Å². The first-order chi connectivity index (χ1) is 20.6. The van der Waals surface area contributed by atoms with Gasteiger partial charge in [-0.05, 0) is 17.7 Å². The Hall–Kier alpha value is -3.35. The highest BCUT2D eigenvalue weighted by molar-refractivity contribution is 5.88. The van der Waals surface area contributed by atoms with Crippen molar-refractivity contribution < 1.29 is 69.0 Å². The molecule has 0 amide bonds.